The van der Waals surface area contributed by atoms with E-state index in [0.29, 0.717) is 28.5 Å². The third kappa shape index (κ3) is 7.13. The van der Waals surface area contributed by atoms with E-state index in [4.69, 9.17) is 5.73 Å². The molecule has 3 aromatic carbocycles. The van der Waals surface area contributed by atoms with Crippen molar-refractivity contribution in [3.63, 3.8) is 0 Å². The van der Waals surface area contributed by atoms with Crippen LogP contribution in [0.5, 0.6) is 0 Å². The predicted octanol–water partition coefficient (Wildman–Crippen LogP) is 6.66. The lowest BCUT2D eigenvalue weighted by molar-refractivity contribution is -0.106. The van der Waals surface area contributed by atoms with Crippen LogP contribution in [0.15, 0.2) is 114 Å². The molecular weight excluding hydrogens is 543 g/mol. The summed E-state index contributed by atoms with van der Waals surface area (Å²) in [7, 11) is 1.77. The third-order valence-corrected chi connectivity index (χ3v) is 7.10. The standard InChI is InChI=1S/C27H27FN6O2.C7H8/c1-4-18(2)19-10-12-21(13-11-19)33-24-25(29)30-17-31-26(24)34(27(33)36)23-9-5-8-22(15-23)32(3)14-6-7-20(28)16-35;1-7-5-3-2-4-6-7/h5-18H,4H2,1-3H3,(H2,29,30,31);2-6H,1H3/b14-6-,20-7+;. The molecule has 0 fully saturated rings. The molecule has 0 spiro atoms. The summed E-state index contributed by atoms with van der Waals surface area (Å²) >= 11 is 0. The van der Waals surface area contributed by atoms with E-state index in [-0.39, 0.29) is 17.8 Å². The van der Waals surface area contributed by atoms with Gasteiger partial charge in [-0.3, -0.25) is 9.36 Å². The number of imidazole rings is 1. The molecule has 2 heterocycles. The SMILES string of the molecule is CCC(C)c1ccc(-n2c(=O)n(-c3cccc(N(C)/C=C\C=C(\F)C=O)c3)c3ncnc(N)c32)cc1.Cc1ccccc1. The fourth-order valence-electron chi connectivity index (χ4n) is 4.48. The molecule has 0 radical (unpaired) electrons. The van der Waals surface area contributed by atoms with Gasteiger partial charge in [-0.15, -0.1) is 0 Å². The molecule has 0 saturated heterocycles. The predicted molar refractivity (Wildman–Crippen MR) is 172 cm³/mol. The number of rotatable bonds is 8. The number of nitrogens with two attached hydrogens (primary N) is 1. The molecule has 0 saturated carbocycles. The molecule has 0 aliphatic rings. The minimum atomic E-state index is -0.873. The van der Waals surface area contributed by atoms with Gasteiger partial charge >= 0.3 is 5.69 Å². The Hall–Kier alpha value is -5.31. The van der Waals surface area contributed by atoms with E-state index >= 15 is 0 Å². The van der Waals surface area contributed by atoms with Crippen molar-refractivity contribution in [1.82, 2.24) is 19.1 Å². The number of halogens is 1. The second-order valence-electron chi connectivity index (χ2n) is 10.1. The second kappa shape index (κ2) is 14.0. The lowest BCUT2D eigenvalue weighted by atomic mass is 9.98. The number of anilines is 2. The molecule has 9 heteroatoms. The van der Waals surface area contributed by atoms with Crippen molar-refractivity contribution in [2.24, 2.45) is 0 Å². The highest BCUT2D eigenvalue weighted by Crippen LogP contribution is 2.26. The lowest BCUT2D eigenvalue weighted by Gasteiger charge is -2.15. The smallest absolute Gasteiger partial charge is 0.339 e. The Morgan fingerprint density at radius 2 is 1.72 bits per heavy atom. The van der Waals surface area contributed by atoms with E-state index in [0.717, 1.165) is 18.2 Å². The number of aryl methyl sites for hydroxylation is 1. The fourth-order valence-corrected chi connectivity index (χ4v) is 4.48. The number of nitrogen functional groups attached to an aromatic ring is 1. The molecule has 8 nitrogen and oxygen atoms in total. The van der Waals surface area contributed by atoms with Crippen LogP contribution in [-0.2, 0) is 4.79 Å². The van der Waals surface area contributed by atoms with Crippen molar-refractivity contribution < 1.29 is 9.18 Å². The molecule has 1 atom stereocenters. The van der Waals surface area contributed by atoms with Crippen LogP contribution in [0.1, 0.15) is 37.3 Å². The summed E-state index contributed by atoms with van der Waals surface area (Å²) in [6, 6.07) is 25.3. The lowest BCUT2D eigenvalue weighted by Crippen LogP contribution is -2.22. The van der Waals surface area contributed by atoms with Gasteiger partial charge in [-0.25, -0.2) is 23.7 Å². The summed E-state index contributed by atoms with van der Waals surface area (Å²) in [6.07, 6.45) is 6.58. The van der Waals surface area contributed by atoms with E-state index in [1.165, 1.54) is 32.7 Å². The van der Waals surface area contributed by atoms with Gasteiger partial charge in [0.1, 0.15) is 11.8 Å². The molecule has 0 bridgehead atoms. The first kappa shape index (κ1) is 30.6. The van der Waals surface area contributed by atoms with Crippen LogP contribution in [-0.4, -0.2) is 32.4 Å². The Kier molecular flexibility index (Phi) is 10.0. The number of aldehydes is 1. The molecule has 43 heavy (non-hydrogen) atoms. The summed E-state index contributed by atoms with van der Waals surface area (Å²) in [6.45, 7) is 6.38. The van der Waals surface area contributed by atoms with Crippen LogP contribution in [0.3, 0.4) is 0 Å². The molecule has 1 unspecified atom stereocenters. The first-order valence-electron chi connectivity index (χ1n) is 13.9. The van der Waals surface area contributed by atoms with Gasteiger partial charge in [0, 0.05) is 18.9 Å². The van der Waals surface area contributed by atoms with Gasteiger partial charge in [-0.2, -0.15) is 0 Å². The van der Waals surface area contributed by atoms with Crippen LogP contribution in [0.4, 0.5) is 15.9 Å². The molecule has 5 aromatic rings. The van der Waals surface area contributed by atoms with Gasteiger partial charge in [0.2, 0.25) is 0 Å². The molecule has 0 amide bonds. The Morgan fingerprint density at radius 1 is 1.00 bits per heavy atom. The number of carbonyl (C=O) groups excluding carboxylic acids is 1. The summed E-state index contributed by atoms with van der Waals surface area (Å²) in [5.74, 6) is -0.269. The van der Waals surface area contributed by atoms with E-state index in [2.05, 4.69) is 42.9 Å². The summed E-state index contributed by atoms with van der Waals surface area (Å²) in [5.41, 5.74) is 11.2. The van der Waals surface area contributed by atoms with Gasteiger partial charge in [0.25, 0.3) is 0 Å². The number of allylic oxidation sites excluding steroid dienone is 3. The second-order valence-corrected chi connectivity index (χ2v) is 10.1. The number of fused-ring (bicyclic) bond motifs is 1. The number of nitrogens with zero attached hydrogens (tertiary/aromatic N) is 5. The topological polar surface area (TPSA) is 99.0 Å². The van der Waals surface area contributed by atoms with Crippen molar-refractivity contribution in [2.45, 2.75) is 33.1 Å². The molecular formula is C34H35FN6O2. The zero-order valence-corrected chi connectivity index (χ0v) is 24.7. The summed E-state index contributed by atoms with van der Waals surface area (Å²) < 4.78 is 16.1. The Balaban J connectivity index is 0.000000530. The molecule has 0 aliphatic heterocycles. The first-order chi connectivity index (χ1) is 20.7. The van der Waals surface area contributed by atoms with Crippen molar-refractivity contribution in [1.29, 1.82) is 0 Å². The highest BCUT2D eigenvalue weighted by molar-refractivity contribution is 5.85. The number of benzene rings is 3. The van der Waals surface area contributed by atoms with Crippen LogP contribution < -0.4 is 16.3 Å². The largest absolute Gasteiger partial charge is 0.382 e. The van der Waals surface area contributed by atoms with Crippen molar-refractivity contribution in [3.8, 4) is 11.4 Å². The summed E-state index contributed by atoms with van der Waals surface area (Å²) in [4.78, 5) is 34.4. The quantitative estimate of drug-likeness (QED) is 0.126. The van der Waals surface area contributed by atoms with Gasteiger partial charge in [0.05, 0.1) is 11.4 Å². The van der Waals surface area contributed by atoms with Crippen molar-refractivity contribution >= 4 is 29.0 Å². The van der Waals surface area contributed by atoms with E-state index in [9.17, 15) is 14.0 Å². The average Bonchev–Trinajstić information content (AvgIpc) is 3.34. The monoisotopic (exact) mass is 578 g/mol. The fraction of sp³-hybridized carbons (Fsp3) is 0.176. The Bertz CT molecular complexity index is 1810. The van der Waals surface area contributed by atoms with Gasteiger partial charge in [-0.05, 0) is 67.3 Å². The van der Waals surface area contributed by atoms with Crippen molar-refractivity contribution in [2.75, 3.05) is 17.7 Å². The minimum absolute atomic E-state index is 0.138. The maximum absolute atomic E-state index is 13.8. The molecule has 5 rings (SSSR count). The molecule has 0 aliphatic carbocycles. The maximum Gasteiger partial charge on any atom is 0.339 e. The zero-order valence-electron chi connectivity index (χ0n) is 24.7. The van der Waals surface area contributed by atoms with Crippen LogP contribution in [0, 0.1) is 6.92 Å². The number of hydrogen-bond donors (Lipinski definition) is 1. The Labute approximate surface area is 250 Å². The normalized spacial score (nSPS) is 12.2. The van der Waals surface area contributed by atoms with Crippen LogP contribution >= 0.6 is 0 Å². The molecule has 2 N–H and O–H groups in total. The number of carbonyl (C=O) groups is 1. The van der Waals surface area contributed by atoms with E-state index in [1.807, 2.05) is 48.5 Å². The average molecular weight is 579 g/mol. The van der Waals surface area contributed by atoms with E-state index < -0.39 is 5.83 Å². The number of aromatic nitrogens is 4. The summed E-state index contributed by atoms with van der Waals surface area (Å²) in [5, 5.41) is 0. The number of hydrogen-bond acceptors (Lipinski definition) is 6. The van der Waals surface area contributed by atoms with Crippen LogP contribution in [0.2, 0.25) is 0 Å². The van der Waals surface area contributed by atoms with Gasteiger partial charge in [-0.1, -0.05) is 67.9 Å². The van der Waals surface area contributed by atoms with Crippen molar-refractivity contribution in [3.05, 3.63) is 131 Å². The minimum Gasteiger partial charge on any atom is -0.382 e. The van der Waals surface area contributed by atoms with E-state index in [1.54, 1.807) is 36.3 Å². The first-order valence-corrected chi connectivity index (χ1v) is 13.9. The third-order valence-electron chi connectivity index (χ3n) is 7.10. The molecule has 2 aromatic heterocycles. The highest BCUT2D eigenvalue weighted by atomic mass is 19.1. The van der Waals surface area contributed by atoms with Gasteiger partial charge in [0.15, 0.2) is 23.6 Å². The zero-order chi connectivity index (χ0) is 30.9. The molecule has 220 valence electrons. The Morgan fingerprint density at radius 3 is 2.35 bits per heavy atom. The van der Waals surface area contributed by atoms with Gasteiger partial charge < -0.3 is 10.6 Å². The highest BCUT2D eigenvalue weighted by Gasteiger charge is 2.20. The van der Waals surface area contributed by atoms with Crippen LogP contribution in [0.25, 0.3) is 22.5 Å². The maximum atomic E-state index is 13.8.